The van der Waals surface area contributed by atoms with E-state index in [1.54, 1.807) is 27.7 Å². The summed E-state index contributed by atoms with van der Waals surface area (Å²) >= 11 is 0. The highest BCUT2D eigenvalue weighted by Gasteiger charge is 2.45. The number of esters is 1. The zero-order chi connectivity index (χ0) is 33.0. The quantitative estimate of drug-likeness (QED) is 0.177. The predicted octanol–water partition coefficient (Wildman–Crippen LogP) is 3.58. The standard InChI is InChI=1S/C32H55N3O8/c1-11-12-13-14-15-16-23(36)17-25(37)33-27(19(2)3)30(39)34(9)22(8)32(41)43-29(21(6)7)31(40)35-26(38)18-24(42-10)28(35)20(4)5/h18-23,27-29,36H,11-17H2,1-10H3,(H,33,37)/t22-,23-,27-,28-,29-/m0/s1. The van der Waals surface area contributed by atoms with Gasteiger partial charge in [-0.15, -0.1) is 0 Å². The van der Waals surface area contributed by atoms with Crippen molar-refractivity contribution in [3.8, 4) is 0 Å². The third-order valence-corrected chi connectivity index (χ3v) is 7.85. The lowest BCUT2D eigenvalue weighted by molar-refractivity contribution is -0.170. The summed E-state index contributed by atoms with van der Waals surface area (Å²) in [5.41, 5.74) is 0. The fraction of sp³-hybridized carbons (Fsp3) is 0.781. The maximum Gasteiger partial charge on any atom is 0.329 e. The highest BCUT2D eigenvalue weighted by atomic mass is 16.6. The fourth-order valence-electron chi connectivity index (χ4n) is 5.04. The number of aliphatic hydroxyl groups excluding tert-OH is 1. The molecule has 0 spiro atoms. The van der Waals surface area contributed by atoms with Crippen molar-refractivity contribution < 1.29 is 38.6 Å². The summed E-state index contributed by atoms with van der Waals surface area (Å²) in [7, 11) is 2.86. The highest BCUT2D eigenvalue weighted by Crippen LogP contribution is 2.29. The third kappa shape index (κ3) is 10.9. The summed E-state index contributed by atoms with van der Waals surface area (Å²) in [6, 6.07) is -2.64. The van der Waals surface area contributed by atoms with Gasteiger partial charge in [0.05, 0.1) is 25.7 Å². The molecule has 1 aliphatic rings. The molecule has 1 heterocycles. The molecule has 0 bridgehead atoms. The first kappa shape index (κ1) is 38.1. The first-order chi connectivity index (χ1) is 20.1. The normalized spacial score (nSPS) is 17.9. The van der Waals surface area contributed by atoms with E-state index in [9.17, 15) is 29.1 Å². The van der Waals surface area contributed by atoms with Gasteiger partial charge in [-0.1, -0.05) is 80.6 Å². The van der Waals surface area contributed by atoms with Crippen molar-refractivity contribution >= 4 is 29.6 Å². The molecular formula is C32H55N3O8. The molecule has 11 heteroatoms. The molecule has 246 valence electrons. The van der Waals surface area contributed by atoms with Crippen molar-refractivity contribution in [3.05, 3.63) is 11.8 Å². The molecule has 0 fully saturated rings. The van der Waals surface area contributed by atoms with Crippen LogP contribution in [0.3, 0.4) is 0 Å². The largest absolute Gasteiger partial charge is 0.499 e. The number of ether oxygens (including phenoxy) is 2. The minimum atomic E-state index is -1.27. The van der Waals surface area contributed by atoms with E-state index >= 15 is 0 Å². The maximum atomic E-state index is 13.5. The fourth-order valence-corrected chi connectivity index (χ4v) is 5.04. The molecule has 0 unspecified atom stereocenters. The zero-order valence-electron chi connectivity index (χ0n) is 27.8. The Hall–Kier alpha value is -2.95. The van der Waals surface area contributed by atoms with Crippen molar-refractivity contribution in [3.63, 3.8) is 0 Å². The second kappa shape index (κ2) is 18.0. The number of aliphatic hydroxyl groups is 1. The van der Waals surface area contributed by atoms with Gasteiger partial charge in [0.25, 0.3) is 11.8 Å². The van der Waals surface area contributed by atoms with Crippen LogP contribution in [0.2, 0.25) is 0 Å². The van der Waals surface area contributed by atoms with Gasteiger partial charge in [0, 0.05) is 13.1 Å². The van der Waals surface area contributed by atoms with Gasteiger partial charge < -0.3 is 24.8 Å². The second-order valence-electron chi connectivity index (χ2n) is 12.6. The summed E-state index contributed by atoms with van der Waals surface area (Å²) in [6.07, 6.45) is 4.80. The van der Waals surface area contributed by atoms with Crippen molar-refractivity contribution in [1.29, 1.82) is 0 Å². The van der Waals surface area contributed by atoms with Gasteiger partial charge in [0.2, 0.25) is 11.8 Å². The number of hydrogen-bond acceptors (Lipinski definition) is 8. The summed E-state index contributed by atoms with van der Waals surface area (Å²) < 4.78 is 11.0. The van der Waals surface area contributed by atoms with Gasteiger partial charge in [-0.25, -0.2) is 4.79 Å². The van der Waals surface area contributed by atoms with Crippen LogP contribution in [0, 0.1) is 17.8 Å². The van der Waals surface area contributed by atoms with Gasteiger partial charge in [0.1, 0.15) is 17.8 Å². The number of nitrogens with zero attached hydrogens (tertiary/aromatic N) is 2. The van der Waals surface area contributed by atoms with Crippen LogP contribution in [0.15, 0.2) is 11.8 Å². The number of hydrogen-bond donors (Lipinski definition) is 2. The number of carbonyl (C=O) groups is 5. The Kier molecular flexibility index (Phi) is 15.9. The van der Waals surface area contributed by atoms with Gasteiger partial charge in [0.15, 0.2) is 6.10 Å². The molecular weight excluding hydrogens is 554 g/mol. The van der Waals surface area contributed by atoms with Crippen LogP contribution in [0.4, 0.5) is 0 Å². The summed E-state index contributed by atoms with van der Waals surface area (Å²) in [5, 5.41) is 13.0. The zero-order valence-corrected chi connectivity index (χ0v) is 27.8. The van der Waals surface area contributed by atoms with Crippen LogP contribution >= 0.6 is 0 Å². The Morgan fingerprint density at radius 3 is 2.12 bits per heavy atom. The average Bonchev–Trinajstić information content (AvgIpc) is 3.28. The molecule has 0 aliphatic carbocycles. The van der Waals surface area contributed by atoms with E-state index < -0.39 is 65.8 Å². The van der Waals surface area contributed by atoms with Gasteiger partial charge >= 0.3 is 5.97 Å². The summed E-state index contributed by atoms with van der Waals surface area (Å²) in [6.45, 7) is 14.3. The molecule has 0 saturated carbocycles. The Bertz CT molecular complexity index is 993. The average molecular weight is 610 g/mol. The van der Waals surface area contributed by atoms with Crippen molar-refractivity contribution in [1.82, 2.24) is 15.1 Å². The van der Waals surface area contributed by atoms with Crippen LogP contribution in [-0.2, 0) is 33.4 Å². The van der Waals surface area contributed by atoms with E-state index in [-0.39, 0.29) is 18.3 Å². The van der Waals surface area contributed by atoms with E-state index in [4.69, 9.17) is 9.47 Å². The Labute approximate surface area is 257 Å². The number of amides is 4. The van der Waals surface area contributed by atoms with Crippen LogP contribution in [0.25, 0.3) is 0 Å². The van der Waals surface area contributed by atoms with Crippen molar-refractivity contribution in [2.45, 2.75) is 131 Å². The van der Waals surface area contributed by atoms with Gasteiger partial charge in [-0.2, -0.15) is 0 Å². The molecule has 1 rings (SSSR count). The van der Waals surface area contributed by atoms with Gasteiger partial charge in [-0.3, -0.25) is 24.1 Å². The van der Waals surface area contributed by atoms with Crippen LogP contribution < -0.4 is 5.32 Å². The lowest BCUT2D eigenvalue weighted by Gasteiger charge is -2.33. The van der Waals surface area contributed by atoms with Crippen LogP contribution in [0.5, 0.6) is 0 Å². The summed E-state index contributed by atoms with van der Waals surface area (Å²) in [5.74, 6) is -3.49. The van der Waals surface area contributed by atoms with E-state index in [1.807, 2.05) is 13.8 Å². The molecule has 0 aromatic rings. The lowest BCUT2D eigenvalue weighted by Crippen LogP contribution is -2.55. The van der Waals surface area contributed by atoms with Crippen molar-refractivity contribution in [2.24, 2.45) is 17.8 Å². The number of methoxy groups -OCH3 is 1. The number of likely N-dealkylation sites (N-methyl/N-ethyl adjacent to an activating group) is 1. The molecule has 0 radical (unpaired) electrons. The monoisotopic (exact) mass is 609 g/mol. The second-order valence-corrected chi connectivity index (χ2v) is 12.6. The Balaban J connectivity index is 2.90. The molecule has 1 aliphatic heterocycles. The first-order valence-corrected chi connectivity index (χ1v) is 15.7. The van der Waals surface area contributed by atoms with E-state index in [0.717, 1.165) is 37.0 Å². The van der Waals surface area contributed by atoms with Gasteiger partial charge in [-0.05, 0) is 31.1 Å². The molecule has 2 N–H and O–H groups in total. The SMILES string of the molecule is CCCCCCC[C@H](O)CC(=O)N[C@H](C(=O)N(C)[C@@H](C)C(=O)O[C@H](C(=O)N1C(=O)C=C(OC)[C@@H]1C(C)C)C(C)C)C(C)C. The van der Waals surface area contributed by atoms with Crippen molar-refractivity contribution in [2.75, 3.05) is 14.2 Å². The van der Waals surface area contributed by atoms with Crippen LogP contribution in [0.1, 0.15) is 100 Å². The van der Waals surface area contributed by atoms with Crippen LogP contribution in [-0.4, -0.2) is 89.0 Å². The lowest BCUT2D eigenvalue weighted by atomic mass is 10.00. The number of nitrogens with one attached hydrogen (secondary N) is 1. The first-order valence-electron chi connectivity index (χ1n) is 15.7. The maximum absolute atomic E-state index is 13.5. The highest BCUT2D eigenvalue weighted by molar-refractivity contribution is 6.06. The minimum absolute atomic E-state index is 0.115. The molecule has 5 atom stereocenters. The number of carbonyl (C=O) groups excluding carboxylic acids is 5. The van der Waals surface area contributed by atoms with E-state index in [1.165, 1.54) is 32.1 Å². The third-order valence-electron chi connectivity index (χ3n) is 7.85. The molecule has 0 saturated heterocycles. The van der Waals surface area contributed by atoms with E-state index in [2.05, 4.69) is 12.2 Å². The Morgan fingerprint density at radius 1 is 1.00 bits per heavy atom. The molecule has 11 nitrogen and oxygen atoms in total. The van der Waals surface area contributed by atoms with E-state index in [0.29, 0.717) is 12.2 Å². The number of unbranched alkanes of at least 4 members (excludes halogenated alkanes) is 4. The predicted molar refractivity (Wildman–Crippen MR) is 163 cm³/mol. The molecule has 0 aromatic carbocycles. The molecule has 43 heavy (non-hydrogen) atoms. The minimum Gasteiger partial charge on any atom is -0.499 e. The number of imide groups is 1. The Morgan fingerprint density at radius 2 is 1.60 bits per heavy atom. The molecule has 0 aromatic heterocycles. The topological polar surface area (TPSA) is 143 Å². The molecule has 4 amide bonds. The smallest absolute Gasteiger partial charge is 0.329 e. The number of rotatable bonds is 18. The summed E-state index contributed by atoms with van der Waals surface area (Å²) in [4.78, 5) is 67.9.